The number of rotatable bonds is 2. The molecule has 0 aliphatic carbocycles. The van der Waals surface area contributed by atoms with Gasteiger partial charge in [-0.3, -0.25) is 4.79 Å². The number of anilines is 2. The summed E-state index contributed by atoms with van der Waals surface area (Å²) in [7, 11) is 0. The van der Waals surface area contributed by atoms with Gasteiger partial charge in [0.05, 0.1) is 16.9 Å². The van der Waals surface area contributed by atoms with Crippen LogP contribution in [0.3, 0.4) is 0 Å². The highest BCUT2D eigenvalue weighted by Crippen LogP contribution is 2.27. The molecule has 3 nitrogen and oxygen atoms in total. The molecule has 0 aliphatic heterocycles. The lowest BCUT2D eigenvalue weighted by Crippen LogP contribution is -2.16. The maximum absolute atomic E-state index is 13.7. The fourth-order valence-electron chi connectivity index (χ4n) is 1.86. The summed E-state index contributed by atoms with van der Waals surface area (Å²) >= 11 is 3.22. The molecule has 0 atom stereocenters. The van der Waals surface area contributed by atoms with E-state index < -0.39 is 11.7 Å². The molecule has 104 valence electrons. The van der Waals surface area contributed by atoms with Crippen LogP contribution >= 0.6 is 15.9 Å². The van der Waals surface area contributed by atoms with E-state index in [-0.39, 0.29) is 5.56 Å². The average molecular weight is 337 g/mol. The zero-order valence-electron chi connectivity index (χ0n) is 11.1. The molecule has 5 heteroatoms. The second-order valence-corrected chi connectivity index (χ2v) is 5.47. The first-order chi connectivity index (χ1) is 9.40. The summed E-state index contributed by atoms with van der Waals surface area (Å²) in [4.78, 5) is 12.2. The zero-order chi connectivity index (χ0) is 14.9. The Morgan fingerprint density at radius 3 is 2.65 bits per heavy atom. The van der Waals surface area contributed by atoms with Gasteiger partial charge in [0.2, 0.25) is 0 Å². The van der Waals surface area contributed by atoms with Crippen molar-refractivity contribution in [2.75, 3.05) is 11.1 Å². The van der Waals surface area contributed by atoms with Gasteiger partial charge < -0.3 is 11.1 Å². The van der Waals surface area contributed by atoms with E-state index in [0.717, 1.165) is 11.1 Å². The van der Waals surface area contributed by atoms with Gasteiger partial charge in [-0.05, 0) is 49.2 Å². The molecule has 3 N–H and O–H groups in total. The quantitative estimate of drug-likeness (QED) is 0.813. The average Bonchev–Trinajstić information content (AvgIpc) is 2.41. The molecule has 2 aromatic carbocycles. The summed E-state index contributed by atoms with van der Waals surface area (Å²) in [5, 5.41) is 2.68. The lowest BCUT2D eigenvalue weighted by atomic mass is 10.1. The van der Waals surface area contributed by atoms with Crippen molar-refractivity contribution in [3.63, 3.8) is 0 Å². The molecule has 0 spiro atoms. The lowest BCUT2D eigenvalue weighted by Gasteiger charge is -2.13. The standard InChI is InChI=1S/C15H14BrFN2O/c1-8-3-6-13(18)14(9(8)2)19-15(20)11-7-10(16)4-5-12(11)17/h3-7H,18H2,1-2H3,(H,19,20). The fraction of sp³-hybridized carbons (Fsp3) is 0.133. The van der Waals surface area contributed by atoms with Crippen molar-refractivity contribution in [1.82, 2.24) is 0 Å². The minimum atomic E-state index is -0.574. The van der Waals surface area contributed by atoms with E-state index in [2.05, 4.69) is 21.2 Å². The fourth-order valence-corrected chi connectivity index (χ4v) is 2.22. The highest BCUT2D eigenvalue weighted by Gasteiger charge is 2.15. The highest BCUT2D eigenvalue weighted by atomic mass is 79.9. The number of aryl methyl sites for hydroxylation is 1. The molecule has 0 radical (unpaired) electrons. The first-order valence-corrected chi connectivity index (χ1v) is 6.81. The first-order valence-electron chi connectivity index (χ1n) is 6.02. The Balaban J connectivity index is 2.38. The summed E-state index contributed by atoms with van der Waals surface area (Å²) in [6.07, 6.45) is 0. The number of amides is 1. The Morgan fingerprint density at radius 2 is 1.95 bits per heavy atom. The van der Waals surface area contributed by atoms with Crippen molar-refractivity contribution < 1.29 is 9.18 Å². The highest BCUT2D eigenvalue weighted by molar-refractivity contribution is 9.10. The lowest BCUT2D eigenvalue weighted by molar-refractivity contribution is 0.102. The topological polar surface area (TPSA) is 55.1 Å². The molecule has 0 fully saturated rings. The monoisotopic (exact) mass is 336 g/mol. The summed E-state index contributed by atoms with van der Waals surface area (Å²) in [5.74, 6) is -1.10. The molecule has 2 rings (SSSR count). The van der Waals surface area contributed by atoms with Crippen LogP contribution in [0, 0.1) is 19.7 Å². The van der Waals surface area contributed by atoms with Crippen molar-refractivity contribution in [3.05, 3.63) is 57.3 Å². The van der Waals surface area contributed by atoms with E-state index in [1.165, 1.54) is 12.1 Å². The number of halogens is 2. The number of benzene rings is 2. The van der Waals surface area contributed by atoms with Crippen LogP contribution in [0.5, 0.6) is 0 Å². The van der Waals surface area contributed by atoms with Crippen LogP contribution < -0.4 is 11.1 Å². The van der Waals surface area contributed by atoms with E-state index in [1.807, 2.05) is 19.9 Å². The van der Waals surface area contributed by atoms with Crippen LogP contribution in [0.4, 0.5) is 15.8 Å². The van der Waals surface area contributed by atoms with Crippen molar-refractivity contribution in [3.8, 4) is 0 Å². The second kappa shape index (κ2) is 5.63. The van der Waals surface area contributed by atoms with Gasteiger partial charge >= 0.3 is 0 Å². The van der Waals surface area contributed by atoms with Gasteiger partial charge in [0.25, 0.3) is 5.91 Å². The molecular weight excluding hydrogens is 323 g/mol. The maximum Gasteiger partial charge on any atom is 0.258 e. The van der Waals surface area contributed by atoms with Gasteiger partial charge in [0.15, 0.2) is 0 Å². The van der Waals surface area contributed by atoms with Crippen LogP contribution in [0.2, 0.25) is 0 Å². The van der Waals surface area contributed by atoms with Crippen LogP contribution in [0.1, 0.15) is 21.5 Å². The molecule has 0 saturated heterocycles. The molecule has 1 amide bonds. The summed E-state index contributed by atoms with van der Waals surface area (Å²) in [6, 6.07) is 7.81. The Labute approximate surface area is 125 Å². The number of hydrogen-bond donors (Lipinski definition) is 2. The molecule has 20 heavy (non-hydrogen) atoms. The number of nitrogens with one attached hydrogen (secondary N) is 1. The third-order valence-electron chi connectivity index (χ3n) is 3.18. The van der Waals surface area contributed by atoms with Gasteiger partial charge in [-0.15, -0.1) is 0 Å². The molecule has 0 aliphatic rings. The smallest absolute Gasteiger partial charge is 0.258 e. The number of hydrogen-bond acceptors (Lipinski definition) is 2. The van der Waals surface area contributed by atoms with E-state index in [9.17, 15) is 9.18 Å². The Hall–Kier alpha value is -1.88. The third kappa shape index (κ3) is 2.82. The minimum Gasteiger partial charge on any atom is -0.397 e. The van der Waals surface area contributed by atoms with Crippen molar-refractivity contribution in [2.24, 2.45) is 0 Å². The predicted molar refractivity (Wildman–Crippen MR) is 82.4 cm³/mol. The summed E-state index contributed by atoms with van der Waals surface area (Å²) < 4.78 is 14.3. The van der Waals surface area contributed by atoms with Crippen LogP contribution in [0.15, 0.2) is 34.8 Å². The second-order valence-electron chi connectivity index (χ2n) is 4.55. The van der Waals surface area contributed by atoms with Gasteiger partial charge in [0.1, 0.15) is 5.82 Å². The van der Waals surface area contributed by atoms with E-state index in [4.69, 9.17) is 5.73 Å². The Morgan fingerprint density at radius 1 is 1.25 bits per heavy atom. The van der Waals surface area contributed by atoms with E-state index in [1.54, 1.807) is 12.1 Å². The van der Waals surface area contributed by atoms with Gasteiger partial charge in [-0.1, -0.05) is 22.0 Å². The number of nitrogens with two attached hydrogens (primary N) is 1. The summed E-state index contributed by atoms with van der Waals surface area (Å²) in [6.45, 7) is 3.78. The van der Waals surface area contributed by atoms with Gasteiger partial charge in [-0.25, -0.2) is 4.39 Å². The molecule has 0 heterocycles. The molecule has 0 aromatic heterocycles. The van der Waals surface area contributed by atoms with Crippen molar-refractivity contribution in [1.29, 1.82) is 0 Å². The number of nitrogen functional groups attached to an aromatic ring is 1. The van der Waals surface area contributed by atoms with Gasteiger partial charge in [0, 0.05) is 4.47 Å². The van der Waals surface area contributed by atoms with Crippen molar-refractivity contribution in [2.45, 2.75) is 13.8 Å². The summed E-state index contributed by atoms with van der Waals surface area (Å²) in [5.41, 5.74) is 8.69. The maximum atomic E-state index is 13.7. The van der Waals surface area contributed by atoms with Crippen molar-refractivity contribution >= 4 is 33.2 Å². The largest absolute Gasteiger partial charge is 0.397 e. The van der Waals surface area contributed by atoms with Crippen LogP contribution in [-0.2, 0) is 0 Å². The molecule has 2 aromatic rings. The SMILES string of the molecule is Cc1ccc(N)c(NC(=O)c2cc(Br)ccc2F)c1C. The van der Waals surface area contributed by atoms with E-state index >= 15 is 0 Å². The third-order valence-corrected chi connectivity index (χ3v) is 3.67. The zero-order valence-corrected chi connectivity index (χ0v) is 12.7. The number of carbonyl (C=O) groups is 1. The first kappa shape index (κ1) is 14.5. The molecule has 0 saturated carbocycles. The van der Waals surface area contributed by atoms with E-state index in [0.29, 0.717) is 15.8 Å². The molecule has 0 bridgehead atoms. The normalized spacial score (nSPS) is 10.4. The Kier molecular flexibility index (Phi) is 4.09. The minimum absolute atomic E-state index is 0.0281. The number of carbonyl (C=O) groups excluding carboxylic acids is 1. The Bertz CT molecular complexity index is 686. The molecular formula is C15H14BrFN2O. The predicted octanol–water partition coefficient (Wildman–Crippen LogP) is 4.04. The van der Waals surface area contributed by atoms with Crippen LogP contribution in [0.25, 0.3) is 0 Å². The van der Waals surface area contributed by atoms with Gasteiger partial charge in [-0.2, -0.15) is 0 Å². The molecule has 0 unspecified atom stereocenters. The van der Waals surface area contributed by atoms with Crippen LogP contribution in [-0.4, -0.2) is 5.91 Å².